The fourth-order valence-corrected chi connectivity index (χ4v) is 1.87. The van der Waals surface area contributed by atoms with Crippen molar-refractivity contribution in [3.05, 3.63) is 34.6 Å². The number of halogens is 2. The second-order valence-corrected chi connectivity index (χ2v) is 5.94. The van der Waals surface area contributed by atoms with Crippen LogP contribution in [-0.4, -0.2) is 34.6 Å². The highest BCUT2D eigenvalue weighted by Crippen LogP contribution is 2.27. The van der Waals surface area contributed by atoms with Crippen molar-refractivity contribution in [1.29, 1.82) is 0 Å². The number of hydrogen-bond donors (Lipinski definition) is 3. The van der Waals surface area contributed by atoms with Crippen molar-refractivity contribution in [2.24, 2.45) is 0 Å². The lowest BCUT2D eigenvalue weighted by atomic mass is 10.0. The summed E-state index contributed by atoms with van der Waals surface area (Å²) >= 11 is 5.80. The molecule has 0 bridgehead atoms. The molecule has 1 rings (SSSR count). The van der Waals surface area contributed by atoms with E-state index in [1.165, 1.54) is 12.1 Å². The molecule has 7 heteroatoms. The van der Waals surface area contributed by atoms with E-state index in [0.717, 1.165) is 6.07 Å². The number of aliphatic hydroxyl groups excluding tert-OH is 2. The largest absolute Gasteiger partial charge is 0.444 e. The molecule has 0 spiro atoms. The minimum Gasteiger partial charge on any atom is -0.444 e. The minimum absolute atomic E-state index is 0.00109. The van der Waals surface area contributed by atoms with Crippen molar-refractivity contribution in [2.45, 2.75) is 38.6 Å². The van der Waals surface area contributed by atoms with Gasteiger partial charge in [-0.1, -0.05) is 17.7 Å². The van der Waals surface area contributed by atoms with E-state index in [1.54, 1.807) is 20.8 Å². The number of amides is 1. The first-order valence-corrected chi connectivity index (χ1v) is 6.76. The van der Waals surface area contributed by atoms with Gasteiger partial charge in [0.15, 0.2) is 0 Å². The van der Waals surface area contributed by atoms with Crippen LogP contribution in [0.5, 0.6) is 0 Å². The van der Waals surface area contributed by atoms with Gasteiger partial charge in [0.1, 0.15) is 23.6 Å². The molecule has 0 saturated carbocycles. The van der Waals surface area contributed by atoms with E-state index in [9.17, 15) is 19.4 Å². The molecule has 0 saturated heterocycles. The van der Waals surface area contributed by atoms with E-state index in [1.807, 2.05) is 0 Å². The molecule has 0 aromatic heterocycles. The average Bonchev–Trinajstić information content (AvgIpc) is 2.33. The van der Waals surface area contributed by atoms with Crippen LogP contribution in [0.2, 0.25) is 5.02 Å². The summed E-state index contributed by atoms with van der Waals surface area (Å²) in [6.07, 6.45) is -3.73. The summed E-state index contributed by atoms with van der Waals surface area (Å²) in [6.45, 7) is 4.77. The number of carbonyl (C=O) groups excluding carboxylic acids is 1. The molecule has 0 heterocycles. The Morgan fingerprint density at radius 3 is 2.57 bits per heavy atom. The summed E-state index contributed by atoms with van der Waals surface area (Å²) in [5, 5.41) is 22.0. The molecular formula is C14H19ClFNO4. The van der Waals surface area contributed by atoms with Crippen molar-refractivity contribution < 1.29 is 24.1 Å². The maximum Gasteiger partial charge on any atom is 0.407 e. The first-order valence-electron chi connectivity index (χ1n) is 6.38. The molecule has 21 heavy (non-hydrogen) atoms. The first kappa shape index (κ1) is 17.7. The molecule has 0 aliphatic heterocycles. The summed E-state index contributed by atoms with van der Waals surface area (Å²) < 4.78 is 18.6. The lowest BCUT2D eigenvalue weighted by molar-refractivity contribution is 0.0114. The topological polar surface area (TPSA) is 78.8 Å². The molecule has 0 fully saturated rings. The molecule has 0 aliphatic carbocycles. The van der Waals surface area contributed by atoms with Crippen LogP contribution >= 0.6 is 11.6 Å². The van der Waals surface area contributed by atoms with Gasteiger partial charge in [-0.15, -0.1) is 0 Å². The van der Waals surface area contributed by atoms with Gasteiger partial charge in [0.2, 0.25) is 0 Å². The van der Waals surface area contributed by atoms with E-state index in [2.05, 4.69) is 5.32 Å². The second-order valence-electron chi connectivity index (χ2n) is 5.53. The molecule has 0 radical (unpaired) electrons. The Morgan fingerprint density at radius 2 is 2.05 bits per heavy atom. The number of benzene rings is 1. The zero-order valence-corrected chi connectivity index (χ0v) is 12.8. The monoisotopic (exact) mass is 319 g/mol. The molecule has 0 aliphatic rings. The predicted molar refractivity (Wildman–Crippen MR) is 76.6 cm³/mol. The van der Waals surface area contributed by atoms with Gasteiger partial charge in [0.25, 0.3) is 0 Å². The Bertz CT molecular complexity index is 484. The van der Waals surface area contributed by atoms with Gasteiger partial charge in [0, 0.05) is 17.1 Å². The van der Waals surface area contributed by atoms with Crippen molar-refractivity contribution in [3.63, 3.8) is 0 Å². The number of hydrogen-bond acceptors (Lipinski definition) is 4. The summed E-state index contributed by atoms with van der Waals surface area (Å²) in [6, 6.07) is 3.91. The molecule has 118 valence electrons. The lowest BCUT2D eigenvalue weighted by Crippen LogP contribution is -2.39. The third kappa shape index (κ3) is 5.49. The summed E-state index contributed by atoms with van der Waals surface area (Å²) in [4.78, 5) is 11.4. The van der Waals surface area contributed by atoms with Crippen molar-refractivity contribution in [3.8, 4) is 0 Å². The molecule has 1 aromatic carbocycles. The Kier molecular flexibility index (Phi) is 5.95. The molecule has 1 amide bonds. The molecule has 1 aromatic rings. The van der Waals surface area contributed by atoms with Crippen LogP contribution in [0.25, 0.3) is 0 Å². The molecule has 2 unspecified atom stereocenters. The highest BCUT2D eigenvalue weighted by molar-refractivity contribution is 6.31. The number of nitrogens with one attached hydrogen (secondary N) is 1. The summed E-state index contributed by atoms with van der Waals surface area (Å²) in [5.74, 6) is -0.730. The van der Waals surface area contributed by atoms with Crippen LogP contribution in [0.3, 0.4) is 0 Å². The Morgan fingerprint density at radius 1 is 1.43 bits per heavy atom. The van der Waals surface area contributed by atoms with Gasteiger partial charge in [-0.25, -0.2) is 9.18 Å². The van der Waals surface area contributed by atoms with Gasteiger partial charge in [-0.3, -0.25) is 0 Å². The number of aliphatic hydroxyl groups is 2. The van der Waals surface area contributed by atoms with Crippen LogP contribution in [0.15, 0.2) is 18.2 Å². The smallest absolute Gasteiger partial charge is 0.407 e. The maximum absolute atomic E-state index is 13.6. The van der Waals surface area contributed by atoms with Gasteiger partial charge in [0.05, 0.1) is 0 Å². The fraction of sp³-hybridized carbons (Fsp3) is 0.500. The predicted octanol–water partition coefficient (Wildman–Crippen LogP) is 2.40. The van der Waals surface area contributed by atoms with Crippen LogP contribution in [0.1, 0.15) is 32.4 Å². The fourth-order valence-electron chi connectivity index (χ4n) is 1.60. The minimum atomic E-state index is -1.56. The van der Waals surface area contributed by atoms with E-state index in [-0.39, 0.29) is 17.1 Å². The van der Waals surface area contributed by atoms with Gasteiger partial charge < -0.3 is 20.3 Å². The van der Waals surface area contributed by atoms with Gasteiger partial charge in [-0.05, 0) is 32.9 Å². The molecule has 5 nitrogen and oxygen atoms in total. The third-order valence-electron chi connectivity index (χ3n) is 2.51. The Labute approximate surface area is 127 Å². The normalized spacial score (nSPS) is 14.4. The van der Waals surface area contributed by atoms with E-state index in [4.69, 9.17) is 16.3 Å². The van der Waals surface area contributed by atoms with E-state index < -0.39 is 29.7 Å². The SMILES string of the molecule is CC(C)(C)OC(=O)NCC(O)C(O)c1c(F)cccc1Cl. The standard InChI is InChI=1S/C14H19ClFNO4/c1-14(2,3)21-13(20)17-7-10(18)12(19)11-8(15)5-4-6-9(11)16/h4-6,10,12,18-19H,7H2,1-3H3,(H,17,20). The Hall–Kier alpha value is -1.37. The van der Waals surface area contributed by atoms with Crippen LogP contribution < -0.4 is 5.32 Å². The highest BCUT2D eigenvalue weighted by Gasteiger charge is 2.25. The lowest BCUT2D eigenvalue weighted by Gasteiger charge is -2.22. The maximum atomic E-state index is 13.6. The van der Waals surface area contributed by atoms with E-state index in [0.29, 0.717) is 0 Å². The summed E-state index contributed by atoms with van der Waals surface area (Å²) in [5.41, 5.74) is -0.889. The quantitative estimate of drug-likeness (QED) is 0.796. The third-order valence-corrected chi connectivity index (χ3v) is 2.84. The van der Waals surface area contributed by atoms with Crippen molar-refractivity contribution in [1.82, 2.24) is 5.32 Å². The average molecular weight is 320 g/mol. The van der Waals surface area contributed by atoms with Crippen LogP contribution in [0.4, 0.5) is 9.18 Å². The molecular weight excluding hydrogens is 301 g/mol. The molecule has 2 atom stereocenters. The zero-order chi connectivity index (χ0) is 16.2. The van der Waals surface area contributed by atoms with Crippen molar-refractivity contribution in [2.75, 3.05) is 6.54 Å². The Balaban J connectivity index is 2.63. The molecule has 3 N–H and O–H groups in total. The van der Waals surface area contributed by atoms with Gasteiger partial charge >= 0.3 is 6.09 Å². The van der Waals surface area contributed by atoms with Crippen molar-refractivity contribution >= 4 is 17.7 Å². The number of carbonyl (C=O) groups is 1. The number of alkyl carbamates (subject to hydrolysis) is 1. The van der Waals surface area contributed by atoms with Gasteiger partial charge in [-0.2, -0.15) is 0 Å². The summed E-state index contributed by atoms with van der Waals surface area (Å²) in [7, 11) is 0. The second kappa shape index (κ2) is 7.06. The first-order chi connectivity index (χ1) is 9.61. The zero-order valence-electron chi connectivity index (χ0n) is 12.1. The van der Waals surface area contributed by atoms with Crippen LogP contribution in [-0.2, 0) is 4.74 Å². The van der Waals surface area contributed by atoms with Crippen LogP contribution in [0, 0.1) is 5.82 Å². The number of ether oxygens (including phenoxy) is 1. The number of rotatable bonds is 4. The van der Waals surface area contributed by atoms with E-state index >= 15 is 0 Å². The highest BCUT2D eigenvalue weighted by atomic mass is 35.5.